The Morgan fingerprint density at radius 1 is 1.00 bits per heavy atom. The second kappa shape index (κ2) is 9.26. The number of rotatable bonds is 9. The van der Waals surface area contributed by atoms with Crippen LogP contribution in [0.5, 0.6) is 0 Å². The minimum absolute atomic E-state index is 1.08. The molecule has 0 unspecified atom stereocenters. The van der Waals surface area contributed by atoms with Crippen molar-refractivity contribution in [2.24, 2.45) is 0 Å². The van der Waals surface area contributed by atoms with Gasteiger partial charge in [-0.05, 0) is 6.42 Å². The largest absolute Gasteiger partial charge is 0.323 e. The molecule has 0 N–H and O–H groups in total. The molecule has 0 fully saturated rings. The van der Waals surface area contributed by atoms with Gasteiger partial charge in [-0.15, -0.1) is 0 Å². The summed E-state index contributed by atoms with van der Waals surface area (Å²) < 4.78 is 2.40. The fourth-order valence-corrected chi connectivity index (χ4v) is 2.28. The van der Waals surface area contributed by atoms with Crippen LogP contribution in [0.4, 0.5) is 0 Å². The Morgan fingerprint density at radius 2 is 1.76 bits per heavy atom. The Morgan fingerprint density at radius 3 is 2.53 bits per heavy atom. The molecule has 0 atom stereocenters. The molecule has 17 heavy (non-hydrogen) atoms. The molecule has 0 saturated carbocycles. The van der Waals surface area contributed by atoms with Gasteiger partial charge in [-0.3, -0.25) is 0 Å². The van der Waals surface area contributed by atoms with Crippen LogP contribution in [-0.4, -0.2) is 35.4 Å². The highest BCUT2D eigenvalue weighted by atomic mass is 15.3. The number of hydrogen-bond donors (Lipinski definition) is 0. The Balaban J connectivity index is 2.05. The fraction of sp³-hybridized carbons (Fsp3) is 0.800. The van der Waals surface area contributed by atoms with Crippen LogP contribution in [0.25, 0.3) is 0 Å². The molecule has 0 aromatic rings. The molecule has 1 aliphatic rings. The van der Waals surface area contributed by atoms with Crippen molar-refractivity contribution in [3.63, 3.8) is 0 Å². The highest BCUT2D eigenvalue weighted by Crippen LogP contribution is 2.07. The minimum Gasteiger partial charge on any atom is -0.323 e. The average molecular weight is 237 g/mol. The number of allylic oxidation sites excluding steroid dienone is 1. The van der Waals surface area contributed by atoms with Gasteiger partial charge in [-0.1, -0.05) is 46.0 Å². The summed E-state index contributed by atoms with van der Waals surface area (Å²) in [5.74, 6) is 0. The molecule has 0 bridgehead atoms. The van der Waals surface area contributed by atoms with Gasteiger partial charge < -0.3 is 4.90 Å². The molecule has 1 heterocycles. The van der Waals surface area contributed by atoms with E-state index in [9.17, 15) is 0 Å². The zero-order valence-corrected chi connectivity index (χ0v) is 11.7. The van der Waals surface area contributed by atoms with E-state index in [0.717, 1.165) is 6.67 Å². The molecule has 98 valence electrons. The summed E-state index contributed by atoms with van der Waals surface area (Å²) in [6, 6.07) is 0. The molecule has 0 amide bonds. The first kappa shape index (κ1) is 14.3. The van der Waals surface area contributed by atoms with Crippen molar-refractivity contribution in [3.8, 4) is 0 Å². The van der Waals surface area contributed by atoms with Crippen molar-refractivity contribution in [2.45, 2.75) is 58.8 Å². The molecule has 0 aromatic heterocycles. The standard InChI is InChI=1S/C15H29N2/c1-3-5-6-7-8-9-12-17-14-10-13-16(15-17)11-4-2/h10,13-14H,3-9,11-12,15H2,1-2H3/q+1. The van der Waals surface area contributed by atoms with Crippen LogP contribution in [0.1, 0.15) is 58.8 Å². The van der Waals surface area contributed by atoms with E-state index in [-0.39, 0.29) is 0 Å². The first-order valence-electron chi connectivity index (χ1n) is 7.36. The SMILES string of the molecule is CCCCCCCCN1C=CC=[N+](CCC)C1. The zero-order chi connectivity index (χ0) is 12.3. The second-order valence-electron chi connectivity index (χ2n) is 5.02. The summed E-state index contributed by atoms with van der Waals surface area (Å²) in [4.78, 5) is 2.44. The van der Waals surface area contributed by atoms with Gasteiger partial charge >= 0.3 is 0 Å². The van der Waals surface area contributed by atoms with Crippen LogP contribution in [0.3, 0.4) is 0 Å². The summed E-state index contributed by atoms with van der Waals surface area (Å²) in [6.45, 7) is 7.99. The summed E-state index contributed by atoms with van der Waals surface area (Å²) in [5.41, 5.74) is 0. The van der Waals surface area contributed by atoms with Crippen LogP contribution >= 0.6 is 0 Å². The van der Waals surface area contributed by atoms with Crippen molar-refractivity contribution < 1.29 is 4.58 Å². The normalized spacial score (nSPS) is 15.2. The lowest BCUT2D eigenvalue weighted by atomic mass is 10.1. The monoisotopic (exact) mass is 237 g/mol. The van der Waals surface area contributed by atoms with E-state index >= 15 is 0 Å². The van der Waals surface area contributed by atoms with E-state index < -0.39 is 0 Å². The third-order valence-electron chi connectivity index (χ3n) is 3.27. The van der Waals surface area contributed by atoms with Crippen LogP contribution in [0.15, 0.2) is 12.3 Å². The van der Waals surface area contributed by atoms with E-state index in [1.807, 2.05) is 0 Å². The summed E-state index contributed by atoms with van der Waals surface area (Å²) in [6.07, 6.45) is 16.2. The highest BCUT2D eigenvalue weighted by molar-refractivity contribution is 5.66. The topological polar surface area (TPSA) is 6.25 Å². The van der Waals surface area contributed by atoms with Crippen molar-refractivity contribution in [3.05, 3.63) is 12.3 Å². The van der Waals surface area contributed by atoms with Gasteiger partial charge in [0.15, 0.2) is 6.21 Å². The molecule has 0 spiro atoms. The van der Waals surface area contributed by atoms with Gasteiger partial charge in [0.1, 0.15) is 6.54 Å². The van der Waals surface area contributed by atoms with Gasteiger partial charge in [0, 0.05) is 25.2 Å². The van der Waals surface area contributed by atoms with Gasteiger partial charge in [0.05, 0.1) is 0 Å². The third kappa shape index (κ3) is 6.50. The molecular weight excluding hydrogens is 208 g/mol. The van der Waals surface area contributed by atoms with E-state index in [1.165, 1.54) is 58.0 Å². The molecule has 0 aromatic carbocycles. The average Bonchev–Trinajstić information content (AvgIpc) is 2.35. The molecule has 2 heteroatoms. The lowest BCUT2D eigenvalue weighted by molar-refractivity contribution is -0.543. The molecule has 1 rings (SSSR count). The Hall–Kier alpha value is -0.790. The third-order valence-corrected chi connectivity index (χ3v) is 3.27. The smallest absolute Gasteiger partial charge is 0.218 e. The van der Waals surface area contributed by atoms with Gasteiger partial charge in [0.25, 0.3) is 0 Å². The van der Waals surface area contributed by atoms with Crippen LogP contribution in [-0.2, 0) is 0 Å². The first-order valence-corrected chi connectivity index (χ1v) is 7.36. The molecule has 0 saturated heterocycles. The van der Waals surface area contributed by atoms with Crippen molar-refractivity contribution in [1.82, 2.24) is 4.90 Å². The van der Waals surface area contributed by atoms with E-state index in [0.29, 0.717) is 0 Å². The zero-order valence-electron chi connectivity index (χ0n) is 11.7. The Bertz CT molecular complexity index is 243. The molecule has 0 radical (unpaired) electrons. The maximum absolute atomic E-state index is 2.44. The lowest BCUT2D eigenvalue weighted by Crippen LogP contribution is -2.32. The second-order valence-corrected chi connectivity index (χ2v) is 5.02. The molecule has 0 aliphatic carbocycles. The summed E-state index contributed by atoms with van der Waals surface area (Å²) >= 11 is 0. The van der Waals surface area contributed by atoms with Crippen molar-refractivity contribution >= 4 is 6.21 Å². The fourth-order valence-electron chi connectivity index (χ4n) is 2.28. The lowest BCUT2D eigenvalue weighted by Gasteiger charge is -2.20. The highest BCUT2D eigenvalue weighted by Gasteiger charge is 2.10. The van der Waals surface area contributed by atoms with Gasteiger partial charge in [-0.25, -0.2) is 4.58 Å². The molecule has 1 aliphatic heterocycles. The van der Waals surface area contributed by atoms with Gasteiger partial charge in [0.2, 0.25) is 6.67 Å². The number of nitrogens with zero attached hydrogens (tertiary/aromatic N) is 2. The predicted octanol–water partition coefficient (Wildman–Crippen LogP) is 3.63. The number of hydrogen-bond acceptors (Lipinski definition) is 1. The van der Waals surface area contributed by atoms with Crippen molar-refractivity contribution in [2.75, 3.05) is 19.8 Å². The molecular formula is C15H29N2+. The maximum atomic E-state index is 2.44. The van der Waals surface area contributed by atoms with E-state index in [4.69, 9.17) is 0 Å². The summed E-state index contributed by atoms with van der Waals surface area (Å²) in [5, 5.41) is 0. The maximum Gasteiger partial charge on any atom is 0.218 e. The van der Waals surface area contributed by atoms with Crippen LogP contribution < -0.4 is 0 Å². The first-order chi connectivity index (χ1) is 8.36. The van der Waals surface area contributed by atoms with Crippen LogP contribution in [0.2, 0.25) is 0 Å². The minimum atomic E-state index is 1.08. The quantitative estimate of drug-likeness (QED) is 0.438. The predicted molar refractivity (Wildman–Crippen MR) is 75.6 cm³/mol. The number of unbranched alkanes of at least 4 members (excludes halogenated alkanes) is 5. The molecule has 2 nitrogen and oxygen atoms in total. The van der Waals surface area contributed by atoms with Gasteiger partial charge in [-0.2, -0.15) is 0 Å². The Labute approximate surface area is 107 Å². The summed E-state index contributed by atoms with van der Waals surface area (Å²) in [7, 11) is 0. The van der Waals surface area contributed by atoms with E-state index in [1.54, 1.807) is 0 Å². The van der Waals surface area contributed by atoms with Crippen molar-refractivity contribution in [1.29, 1.82) is 0 Å². The van der Waals surface area contributed by atoms with E-state index in [2.05, 4.69) is 41.8 Å². The Kier molecular flexibility index (Phi) is 7.78. The van der Waals surface area contributed by atoms with Crippen LogP contribution in [0, 0.1) is 0 Å².